The van der Waals surface area contributed by atoms with Gasteiger partial charge in [-0.3, -0.25) is 9.69 Å². The van der Waals surface area contributed by atoms with Crippen molar-refractivity contribution in [1.82, 2.24) is 9.88 Å². The molecular weight excluding hydrogens is 454 g/mol. The summed E-state index contributed by atoms with van der Waals surface area (Å²) >= 11 is 4.99. The van der Waals surface area contributed by atoms with Crippen LogP contribution in [0.4, 0.5) is 5.13 Å². The van der Waals surface area contributed by atoms with Crippen LogP contribution in [-0.4, -0.2) is 56.2 Å². The highest BCUT2D eigenvalue weighted by molar-refractivity contribution is 9.10. The van der Waals surface area contributed by atoms with Crippen LogP contribution >= 0.6 is 27.3 Å². The lowest BCUT2D eigenvalue weighted by Crippen LogP contribution is -2.39. The number of hydrogen-bond acceptors (Lipinski definition) is 6. The Morgan fingerprint density at radius 2 is 1.76 bits per heavy atom. The molecule has 0 aliphatic carbocycles. The highest BCUT2D eigenvalue weighted by Gasteiger charge is 2.20. The average molecular weight is 478 g/mol. The van der Waals surface area contributed by atoms with Crippen LogP contribution in [0, 0.1) is 0 Å². The molecule has 0 radical (unpaired) electrons. The minimum Gasteiger partial charge on any atom is -0.494 e. The quantitative estimate of drug-likeness (QED) is 0.456. The van der Waals surface area contributed by atoms with Crippen molar-refractivity contribution in [3.05, 3.63) is 46.9 Å². The molecule has 1 aromatic heterocycles. The summed E-state index contributed by atoms with van der Waals surface area (Å²) in [6.07, 6.45) is 0. The number of ether oxygens (including phenoxy) is 2. The molecule has 0 aliphatic rings. The van der Waals surface area contributed by atoms with Gasteiger partial charge in [0.25, 0.3) is 5.91 Å². The van der Waals surface area contributed by atoms with Gasteiger partial charge in [0.15, 0.2) is 11.7 Å². The maximum Gasteiger partial charge on any atom is 0.266 e. The van der Waals surface area contributed by atoms with E-state index in [1.807, 2.05) is 56.3 Å². The van der Waals surface area contributed by atoms with E-state index in [9.17, 15) is 4.79 Å². The highest BCUT2D eigenvalue weighted by atomic mass is 79.9. The number of carbonyl (C=O) groups excluding carboxylic acids is 1. The van der Waals surface area contributed by atoms with E-state index in [1.165, 1.54) is 11.3 Å². The molecule has 8 heteroatoms. The molecule has 0 spiro atoms. The second kappa shape index (κ2) is 10.0. The third-order valence-electron chi connectivity index (χ3n) is 4.14. The molecular formula is C21H24BrN3O3S. The lowest BCUT2D eigenvalue weighted by atomic mass is 10.3. The zero-order valence-electron chi connectivity index (χ0n) is 16.7. The molecule has 3 rings (SSSR count). The molecule has 0 aliphatic heterocycles. The summed E-state index contributed by atoms with van der Waals surface area (Å²) in [6.45, 7) is 3.76. The molecule has 154 valence electrons. The Kier molecular flexibility index (Phi) is 7.46. The monoisotopic (exact) mass is 477 g/mol. The van der Waals surface area contributed by atoms with E-state index in [2.05, 4.69) is 20.9 Å². The van der Waals surface area contributed by atoms with Crippen LogP contribution in [0.2, 0.25) is 0 Å². The van der Waals surface area contributed by atoms with Crippen molar-refractivity contribution >= 4 is 48.5 Å². The third-order valence-corrected chi connectivity index (χ3v) is 5.67. The van der Waals surface area contributed by atoms with Crippen LogP contribution in [0.1, 0.15) is 6.92 Å². The third kappa shape index (κ3) is 5.91. The van der Waals surface area contributed by atoms with E-state index in [1.54, 1.807) is 17.0 Å². The number of aromatic nitrogens is 1. The number of nitrogens with zero attached hydrogens (tertiary/aromatic N) is 3. The fourth-order valence-corrected chi connectivity index (χ4v) is 4.21. The van der Waals surface area contributed by atoms with Gasteiger partial charge in [-0.1, -0.05) is 27.3 Å². The molecule has 0 atom stereocenters. The predicted molar refractivity (Wildman–Crippen MR) is 121 cm³/mol. The summed E-state index contributed by atoms with van der Waals surface area (Å²) in [5.41, 5.74) is 0.878. The number of halogens is 1. The largest absolute Gasteiger partial charge is 0.494 e. The summed E-state index contributed by atoms with van der Waals surface area (Å²) in [4.78, 5) is 21.4. The van der Waals surface area contributed by atoms with Crippen molar-refractivity contribution in [2.75, 3.05) is 45.3 Å². The average Bonchev–Trinajstić information content (AvgIpc) is 3.10. The first-order valence-electron chi connectivity index (χ1n) is 9.33. The van der Waals surface area contributed by atoms with Gasteiger partial charge in [-0.05, 0) is 63.5 Å². The number of hydrogen-bond donors (Lipinski definition) is 0. The molecule has 2 aromatic carbocycles. The van der Waals surface area contributed by atoms with Crippen LogP contribution in [-0.2, 0) is 4.79 Å². The topological polar surface area (TPSA) is 54.9 Å². The minimum atomic E-state index is -0.126. The molecule has 29 heavy (non-hydrogen) atoms. The Morgan fingerprint density at radius 1 is 1.07 bits per heavy atom. The number of rotatable bonds is 9. The Bertz CT molecular complexity index is 959. The molecule has 0 fully saturated rings. The van der Waals surface area contributed by atoms with Gasteiger partial charge in [0.1, 0.15) is 11.5 Å². The van der Waals surface area contributed by atoms with Crippen molar-refractivity contribution in [3.63, 3.8) is 0 Å². The Morgan fingerprint density at radius 3 is 2.41 bits per heavy atom. The highest BCUT2D eigenvalue weighted by Crippen LogP contribution is 2.31. The van der Waals surface area contributed by atoms with Gasteiger partial charge >= 0.3 is 0 Å². The first-order valence-corrected chi connectivity index (χ1v) is 10.9. The second-order valence-corrected chi connectivity index (χ2v) is 8.58. The van der Waals surface area contributed by atoms with Crippen molar-refractivity contribution < 1.29 is 14.3 Å². The Labute approximate surface area is 183 Å². The second-order valence-electron chi connectivity index (χ2n) is 6.65. The molecule has 0 N–H and O–H groups in total. The number of likely N-dealkylation sites (N-methyl/N-ethyl adjacent to an activating group) is 1. The zero-order valence-corrected chi connectivity index (χ0v) is 19.1. The standard InChI is InChI=1S/C21H24BrN3O3S/c1-4-27-16-6-8-17(9-7-16)28-14-20(26)25(12-11-24(2)3)21-23-18-10-5-15(22)13-19(18)29-21/h5-10,13H,4,11-12,14H2,1-3H3. The Balaban J connectivity index is 1.73. The lowest BCUT2D eigenvalue weighted by Gasteiger charge is -2.22. The molecule has 0 saturated carbocycles. The Hall–Kier alpha value is -2.16. The molecule has 3 aromatic rings. The van der Waals surface area contributed by atoms with E-state index in [0.717, 1.165) is 27.0 Å². The van der Waals surface area contributed by atoms with Gasteiger partial charge in [0, 0.05) is 17.6 Å². The summed E-state index contributed by atoms with van der Waals surface area (Å²) in [7, 11) is 3.96. The van der Waals surface area contributed by atoms with E-state index in [4.69, 9.17) is 9.47 Å². The number of anilines is 1. The van der Waals surface area contributed by atoms with Crippen LogP contribution in [0.5, 0.6) is 11.5 Å². The lowest BCUT2D eigenvalue weighted by molar-refractivity contribution is -0.120. The zero-order chi connectivity index (χ0) is 20.8. The summed E-state index contributed by atoms with van der Waals surface area (Å²) < 4.78 is 13.2. The number of thiazole rings is 1. The van der Waals surface area contributed by atoms with Crippen molar-refractivity contribution in [3.8, 4) is 11.5 Å². The SMILES string of the molecule is CCOc1ccc(OCC(=O)N(CCN(C)C)c2nc3ccc(Br)cc3s2)cc1. The fourth-order valence-electron chi connectivity index (χ4n) is 2.65. The molecule has 0 bridgehead atoms. The van der Waals surface area contributed by atoms with Crippen LogP contribution in [0.15, 0.2) is 46.9 Å². The fraction of sp³-hybridized carbons (Fsp3) is 0.333. The smallest absolute Gasteiger partial charge is 0.266 e. The van der Waals surface area contributed by atoms with E-state index < -0.39 is 0 Å². The number of fused-ring (bicyclic) bond motifs is 1. The van der Waals surface area contributed by atoms with E-state index in [-0.39, 0.29) is 12.5 Å². The molecule has 6 nitrogen and oxygen atoms in total. The molecule has 1 amide bonds. The number of benzene rings is 2. The van der Waals surface area contributed by atoms with E-state index >= 15 is 0 Å². The maximum atomic E-state index is 13.0. The van der Waals surface area contributed by atoms with Gasteiger partial charge in [0.2, 0.25) is 0 Å². The van der Waals surface area contributed by atoms with Crippen LogP contribution < -0.4 is 14.4 Å². The van der Waals surface area contributed by atoms with Gasteiger partial charge in [-0.2, -0.15) is 0 Å². The first kappa shape index (κ1) is 21.5. The van der Waals surface area contributed by atoms with Gasteiger partial charge in [0.05, 0.1) is 16.8 Å². The predicted octanol–water partition coefficient (Wildman–Crippen LogP) is 4.43. The molecule has 0 unspecified atom stereocenters. The first-order chi connectivity index (χ1) is 14.0. The van der Waals surface area contributed by atoms with Crippen molar-refractivity contribution in [2.24, 2.45) is 0 Å². The summed E-state index contributed by atoms with van der Waals surface area (Å²) in [5.74, 6) is 1.28. The van der Waals surface area contributed by atoms with Crippen molar-refractivity contribution in [2.45, 2.75) is 6.92 Å². The van der Waals surface area contributed by atoms with Gasteiger partial charge < -0.3 is 14.4 Å². The van der Waals surface area contributed by atoms with Crippen LogP contribution in [0.25, 0.3) is 10.2 Å². The normalized spacial score (nSPS) is 11.1. The molecule has 0 saturated heterocycles. The van der Waals surface area contributed by atoms with Gasteiger partial charge in [-0.15, -0.1) is 0 Å². The summed E-state index contributed by atoms with van der Waals surface area (Å²) in [5, 5.41) is 0.681. The van der Waals surface area contributed by atoms with Gasteiger partial charge in [-0.25, -0.2) is 4.98 Å². The van der Waals surface area contributed by atoms with Crippen molar-refractivity contribution in [1.29, 1.82) is 0 Å². The number of amides is 1. The molecule has 1 heterocycles. The van der Waals surface area contributed by atoms with Crippen LogP contribution in [0.3, 0.4) is 0 Å². The summed E-state index contributed by atoms with van der Waals surface area (Å²) in [6, 6.07) is 13.2. The van der Waals surface area contributed by atoms with E-state index in [0.29, 0.717) is 24.0 Å². The maximum absolute atomic E-state index is 13.0. The minimum absolute atomic E-state index is 0.0545. The number of carbonyl (C=O) groups is 1.